The predicted octanol–water partition coefficient (Wildman–Crippen LogP) is 2.71. The van der Waals surface area contributed by atoms with Gasteiger partial charge in [-0.05, 0) is 30.3 Å². The number of hydrogen-bond acceptors (Lipinski definition) is 6. The van der Waals surface area contributed by atoms with Gasteiger partial charge < -0.3 is 19.1 Å². The minimum atomic E-state index is -0.504. The first-order valence-corrected chi connectivity index (χ1v) is 9.78. The van der Waals surface area contributed by atoms with Gasteiger partial charge in [-0.25, -0.2) is 9.29 Å². The molecule has 3 rings (SSSR count). The number of amides is 2. The first-order valence-electron chi connectivity index (χ1n) is 9.78. The molecule has 2 aromatic carbocycles. The van der Waals surface area contributed by atoms with Crippen LogP contribution in [0.15, 0.2) is 54.2 Å². The van der Waals surface area contributed by atoms with E-state index in [1.807, 2.05) is 0 Å². The van der Waals surface area contributed by atoms with Crippen molar-refractivity contribution in [3.8, 4) is 5.75 Å². The fraction of sp³-hybridized carbons (Fsp3) is 0.304. The molecule has 2 aromatic rings. The number of carbonyl (C=O) groups is 2. The fourth-order valence-corrected chi connectivity index (χ4v) is 3.47. The average Bonchev–Trinajstić information content (AvgIpc) is 3.04. The third-order valence-electron chi connectivity index (χ3n) is 4.97. The number of anilines is 1. The summed E-state index contributed by atoms with van der Waals surface area (Å²) < 4.78 is 29.3. The average molecular weight is 428 g/mol. The standard InChI is InChI=1S/C23H25FN2O5/c1-29-14-12-25(13-15-30-2)21-20(18-6-4-5-7-19(18)31-3)22(27)26(23(21)28)17-10-8-16(24)9-11-17/h4-11H,12-15H2,1-3H3. The molecule has 0 saturated heterocycles. The Morgan fingerprint density at radius 1 is 0.871 bits per heavy atom. The molecule has 0 spiro atoms. The molecule has 0 N–H and O–H groups in total. The number of imide groups is 1. The zero-order chi connectivity index (χ0) is 22.4. The molecule has 1 aliphatic heterocycles. The SMILES string of the molecule is COCCN(CCOC)C1=C(c2ccccc2OC)C(=O)N(c2ccc(F)cc2)C1=O. The molecule has 0 unspecified atom stereocenters. The van der Waals surface area contributed by atoms with E-state index in [9.17, 15) is 14.0 Å². The summed E-state index contributed by atoms with van der Waals surface area (Å²) in [6, 6.07) is 12.3. The lowest BCUT2D eigenvalue weighted by molar-refractivity contribution is -0.120. The summed E-state index contributed by atoms with van der Waals surface area (Å²) in [5, 5.41) is 0. The molecule has 31 heavy (non-hydrogen) atoms. The quantitative estimate of drug-likeness (QED) is 0.542. The normalized spacial score (nSPS) is 13.9. The van der Waals surface area contributed by atoms with Crippen molar-refractivity contribution in [1.82, 2.24) is 4.90 Å². The van der Waals surface area contributed by atoms with Crippen molar-refractivity contribution >= 4 is 23.1 Å². The molecule has 1 aliphatic rings. The van der Waals surface area contributed by atoms with Crippen molar-refractivity contribution in [2.45, 2.75) is 0 Å². The smallest absolute Gasteiger partial charge is 0.282 e. The number of para-hydroxylation sites is 1. The van der Waals surface area contributed by atoms with Crippen LogP contribution in [0.5, 0.6) is 5.75 Å². The third-order valence-corrected chi connectivity index (χ3v) is 4.97. The highest BCUT2D eigenvalue weighted by Gasteiger charge is 2.43. The van der Waals surface area contributed by atoms with Crippen molar-refractivity contribution in [1.29, 1.82) is 0 Å². The van der Waals surface area contributed by atoms with E-state index in [0.29, 0.717) is 37.6 Å². The number of methoxy groups -OCH3 is 3. The van der Waals surface area contributed by atoms with Gasteiger partial charge in [0.25, 0.3) is 11.8 Å². The van der Waals surface area contributed by atoms with Gasteiger partial charge in [0.1, 0.15) is 17.3 Å². The van der Waals surface area contributed by atoms with Crippen molar-refractivity contribution in [3.05, 3.63) is 65.6 Å². The maximum absolute atomic E-state index is 13.5. The van der Waals surface area contributed by atoms with E-state index in [-0.39, 0.29) is 17.0 Å². The molecular formula is C23H25FN2O5. The molecule has 164 valence electrons. The van der Waals surface area contributed by atoms with Gasteiger partial charge in [-0.3, -0.25) is 9.59 Å². The fourth-order valence-electron chi connectivity index (χ4n) is 3.47. The summed E-state index contributed by atoms with van der Waals surface area (Å²) in [6.07, 6.45) is 0. The molecule has 0 atom stereocenters. The van der Waals surface area contributed by atoms with E-state index in [2.05, 4.69) is 0 Å². The van der Waals surface area contributed by atoms with Crippen LogP contribution in [0.3, 0.4) is 0 Å². The van der Waals surface area contributed by atoms with E-state index >= 15 is 0 Å². The van der Waals surface area contributed by atoms with Gasteiger partial charge in [0.15, 0.2) is 0 Å². The Bertz CT molecular complexity index is 966. The molecule has 0 saturated carbocycles. The number of carbonyl (C=O) groups excluding carboxylic acids is 2. The van der Waals surface area contributed by atoms with Crippen molar-refractivity contribution in [2.75, 3.05) is 52.5 Å². The van der Waals surface area contributed by atoms with Gasteiger partial charge in [0, 0.05) is 32.9 Å². The van der Waals surface area contributed by atoms with Gasteiger partial charge in [0.05, 0.1) is 31.6 Å². The topological polar surface area (TPSA) is 68.3 Å². The monoisotopic (exact) mass is 428 g/mol. The lowest BCUT2D eigenvalue weighted by Crippen LogP contribution is -2.37. The van der Waals surface area contributed by atoms with Crippen LogP contribution in [0, 0.1) is 5.82 Å². The highest BCUT2D eigenvalue weighted by molar-refractivity contribution is 6.45. The first-order chi connectivity index (χ1) is 15.0. The maximum atomic E-state index is 13.5. The maximum Gasteiger partial charge on any atom is 0.282 e. The highest BCUT2D eigenvalue weighted by Crippen LogP contribution is 2.38. The number of nitrogens with zero attached hydrogens (tertiary/aromatic N) is 2. The summed E-state index contributed by atoms with van der Waals surface area (Å²) in [7, 11) is 4.64. The summed E-state index contributed by atoms with van der Waals surface area (Å²) in [5.41, 5.74) is 1.24. The van der Waals surface area contributed by atoms with E-state index in [0.717, 1.165) is 4.90 Å². The van der Waals surface area contributed by atoms with Gasteiger partial charge in [0.2, 0.25) is 0 Å². The Labute approximate surface area is 180 Å². The summed E-state index contributed by atoms with van der Waals surface area (Å²) in [6.45, 7) is 1.46. The van der Waals surface area contributed by atoms with Crippen LogP contribution in [0.4, 0.5) is 10.1 Å². The van der Waals surface area contributed by atoms with Gasteiger partial charge in [-0.2, -0.15) is 0 Å². The van der Waals surface area contributed by atoms with Crippen LogP contribution in [-0.2, 0) is 19.1 Å². The lowest BCUT2D eigenvalue weighted by atomic mass is 10.0. The van der Waals surface area contributed by atoms with Gasteiger partial charge >= 0.3 is 0 Å². The highest BCUT2D eigenvalue weighted by atomic mass is 19.1. The second-order valence-electron chi connectivity index (χ2n) is 6.82. The van der Waals surface area contributed by atoms with Crippen molar-refractivity contribution in [3.63, 3.8) is 0 Å². The largest absolute Gasteiger partial charge is 0.496 e. The lowest BCUT2D eigenvalue weighted by Gasteiger charge is -2.25. The van der Waals surface area contributed by atoms with Crippen LogP contribution in [-0.4, -0.2) is 64.3 Å². The number of ether oxygens (including phenoxy) is 3. The number of benzene rings is 2. The van der Waals surface area contributed by atoms with Crippen LogP contribution >= 0.6 is 0 Å². The zero-order valence-electron chi connectivity index (χ0n) is 17.8. The van der Waals surface area contributed by atoms with Gasteiger partial charge in [-0.15, -0.1) is 0 Å². The van der Waals surface area contributed by atoms with Crippen LogP contribution in [0.25, 0.3) is 5.57 Å². The Hall–Kier alpha value is -3.23. The second kappa shape index (κ2) is 10.2. The molecule has 0 fully saturated rings. The Balaban J connectivity index is 2.16. The Morgan fingerprint density at radius 2 is 1.48 bits per heavy atom. The number of halogens is 1. The van der Waals surface area contributed by atoms with Crippen molar-refractivity contribution in [2.24, 2.45) is 0 Å². The van der Waals surface area contributed by atoms with E-state index in [4.69, 9.17) is 14.2 Å². The molecule has 1 heterocycles. The van der Waals surface area contributed by atoms with Crippen LogP contribution < -0.4 is 9.64 Å². The zero-order valence-corrected chi connectivity index (χ0v) is 17.8. The minimum Gasteiger partial charge on any atom is -0.496 e. The summed E-state index contributed by atoms with van der Waals surface area (Å²) in [4.78, 5) is 29.9. The van der Waals surface area contributed by atoms with Crippen LogP contribution in [0.1, 0.15) is 5.56 Å². The molecule has 0 radical (unpaired) electrons. The molecule has 8 heteroatoms. The third kappa shape index (κ3) is 4.60. The van der Waals surface area contributed by atoms with E-state index in [1.165, 1.54) is 31.4 Å². The Morgan fingerprint density at radius 3 is 2.06 bits per heavy atom. The molecule has 7 nitrogen and oxygen atoms in total. The molecule has 2 amide bonds. The first kappa shape index (κ1) is 22.5. The summed E-state index contributed by atoms with van der Waals surface area (Å²) in [5.74, 6) is -0.987. The molecule has 0 bridgehead atoms. The molecule has 0 aromatic heterocycles. The minimum absolute atomic E-state index is 0.221. The molecular weight excluding hydrogens is 403 g/mol. The number of rotatable bonds is 10. The van der Waals surface area contributed by atoms with Crippen molar-refractivity contribution < 1.29 is 28.2 Å². The number of hydrogen-bond donors (Lipinski definition) is 0. The summed E-state index contributed by atoms with van der Waals surface area (Å²) >= 11 is 0. The van der Waals surface area contributed by atoms with E-state index in [1.54, 1.807) is 43.4 Å². The van der Waals surface area contributed by atoms with Gasteiger partial charge in [-0.1, -0.05) is 18.2 Å². The Kier molecular flexibility index (Phi) is 7.38. The molecule has 0 aliphatic carbocycles. The van der Waals surface area contributed by atoms with Crippen LogP contribution in [0.2, 0.25) is 0 Å². The second-order valence-corrected chi connectivity index (χ2v) is 6.82. The predicted molar refractivity (Wildman–Crippen MR) is 114 cm³/mol. The van der Waals surface area contributed by atoms with E-state index < -0.39 is 17.6 Å².